The first-order valence-electron chi connectivity index (χ1n) is 6.88. The van der Waals surface area contributed by atoms with Gasteiger partial charge in [0.25, 0.3) is 0 Å². The maximum Gasteiger partial charge on any atom is 0.328 e. The quantitative estimate of drug-likeness (QED) is 0.862. The van der Waals surface area contributed by atoms with Gasteiger partial charge in [0.15, 0.2) is 0 Å². The molecule has 1 N–H and O–H groups in total. The molecule has 1 fully saturated rings. The number of carboxylic acids is 1. The molecule has 1 aliphatic rings. The fraction of sp³-hybridized carbons (Fsp3) is 0.438. The standard InChI is InChI=1S/C16H21NO3/c1-11-8-14(5-7-16(18)19)4-6-15(11)17-9-12(2)20-13(3)10-17/h4-8,12-13H,9-10H2,1-3H3,(H,18,19). The Hall–Kier alpha value is -1.81. The molecule has 1 aromatic rings. The third-order valence-electron chi connectivity index (χ3n) is 3.40. The average molecular weight is 275 g/mol. The number of benzene rings is 1. The molecule has 20 heavy (non-hydrogen) atoms. The van der Waals surface area contributed by atoms with Crippen LogP contribution in [0.2, 0.25) is 0 Å². The minimum atomic E-state index is -0.928. The van der Waals surface area contributed by atoms with Crippen LogP contribution in [0.1, 0.15) is 25.0 Å². The Labute approximate surface area is 119 Å². The number of carbonyl (C=O) groups is 1. The van der Waals surface area contributed by atoms with Crippen LogP contribution < -0.4 is 4.90 Å². The van der Waals surface area contributed by atoms with Crippen molar-refractivity contribution in [1.29, 1.82) is 0 Å². The molecule has 1 aromatic carbocycles. The van der Waals surface area contributed by atoms with E-state index in [2.05, 4.69) is 31.7 Å². The zero-order valence-electron chi connectivity index (χ0n) is 12.2. The van der Waals surface area contributed by atoms with Gasteiger partial charge in [-0.2, -0.15) is 0 Å². The molecule has 0 aliphatic carbocycles. The maximum atomic E-state index is 10.5. The molecule has 0 bridgehead atoms. The predicted octanol–water partition coefficient (Wildman–Crippen LogP) is 2.71. The summed E-state index contributed by atoms with van der Waals surface area (Å²) >= 11 is 0. The Bertz CT molecular complexity index is 514. The number of aryl methyl sites for hydroxylation is 1. The van der Waals surface area contributed by atoms with Gasteiger partial charge in [0, 0.05) is 24.9 Å². The van der Waals surface area contributed by atoms with Gasteiger partial charge in [-0.1, -0.05) is 6.07 Å². The third kappa shape index (κ3) is 3.61. The van der Waals surface area contributed by atoms with Crippen molar-refractivity contribution >= 4 is 17.7 Å². The van der Waals surface area contributed by atoms with Gasteiger partial charge in [-0.3, -0.25) is 0 Å². The second kappa shape index (κ2) is 6.09. The molecule has 0 amide bonds. The molecule has 1 saturated heterocycles. The highest BCUT2D eigenvalue weighted by atomic mass is 16.5. The molecule has 4 heteroatoms. The summed E-state index contributed by atoms with van der Waals surface area (Å²) in [6, 6.07) is 6.02. The van der Waals surface area contributed by atoms with Crippen LogP contribution in [0.4, 0.5) is 5.69 Å². The van der Waals surface area contributed by atoms with E-state index in [1.807, 2.05) is 12.1 Å². The minimum absolute atomic E-state index is 0.227. The molecule has 0 saturated carbocycles. The summed E-state index contributed by atoms with van der Waals surface area (Å²) < 4.78 is 5.75. The molecule has 108 valence electrons. The summed E-state index contributed by atoms with van der Waals surface area (Å²) in [6.45, 7) is 7.99. The smallest absolute Gasteiger partial charge is 0.328 e. The van der Waals surface area contributed by atoms with Crippen molar-refractivity contribution in [1.82, 2.24) is 0 Å². The van der Waals surface area contributed by atoms with Crippen LogP contribution in [0.5, 0.6) is 0 Å². The Morgan fingerprint density at radius 1 is 1.35 bits per heavy atom. The lowest BCUT2D eigenvalue weighted by atomic mass is 10.1. The van der Waals surface area contributed by atoms with E-state index in [9.17, 15) is 4.79 Å². The number of rotatable bonds is 3. The lowest BCUT2D eigenvalue weighted by Gasteiger charge is -2.37. The predicted molar refractivity (Wildman–Crippen MR) is 80.1 cm³/mol. The van der Waals surface area contributed by atoms with Crippen molar-refractivity contribution in [3.8, 4) is 0 Å². The van der Waals surface area contributed by atoms with Gasteiger partial charge in [0.05, 0.1) is 12.2 Å². The molecule has 0 radical (unpaired) electrons. The van der Waals surface area contributed by atoms with Crippen LogP contribution in [0.15, 0.2) is 24.3 Å². The van der Waals surface area contributed by atoms with Gasteiger partial charge in [-0.25, -0.2) is 4.79 Å². The second-order valence-corrected chi connectivity index (χ2v) is 5.38. The minimum Gasteiger partial charge on any atom is -0.478 e. The molecule has 4 nitrogen and oxygen atoms in total. The van der Waals surface area contributed by atoms with Crippen molar-refractivity contribution < 1.29 is 14.6 Å². The van der Waals surface area contributed by atoms with Gasteiger partial charge in [-0.05, 0) is 50.1 Å². The number of anilines is 1. The molecule has 0 spiro atoms. The number of hydrogen-bond donors (Lipinski definition) is 1. The van der Waals surface area contributed by atoms with Gasteiger partial charge in [-0.15, -0.1) is 0 Å². The zero-order valence-corrected chi connectivity index (χ0v) is 12.2. The zero-order chi connectivity index (χ0) is 14.7. The lowest BCUT2D eigenvalue weighted by molar-refractivity contribution is -0.131. The van der Waals surface area contributed by atoms with Gasteiger partial charge < -0.3 is 14.7 Å². The molecule has 2 atom stereocenters. The van der Waals surface area contributed by atoms with Crippen LogP contribution in [0.25, 0.3) is 6.08 Å². The summed E-state index contributed by atoms with van der Waals surface area (Å²) in [4.78, 5) is 12.9. The van der Waals surface area contributed by atoms with Gasteiger partial charge >= 0.3 is 5.97 Å². The SMILES string of the molecule is Cc1cc(C=CC(=O)O)ccc1N1CC(C)OC(C)C1. The molecule has 0 aromatic heterocycles. The molecule has 1 aliphatic heterocycles. The first kappa shape index (κ1) is 14.6. The number of hydrogen-bond acceptors (Lipinski definition) is 3. The molecule has 2 rings (SSSR count). The number of ether oxygens (including phenoxy) is 1. The van der Waals surface area contributed by atoms with E-state index in [0.717, 1.165) is 30.3 Å². The number of carboxylic acid groups (broad SMARTS) is 1. The first-order valence-corrected chi connectivity index (χ1v) is 6.88. The fourth-order valence-corrected chi connectivity index (χ4v) is 2.68. The Balaban J connectivity index is 2.19. The van der Waals surface area contributed by atoms with Crippen molar-refractivity contribution in [2.75, 3.05) is 18.0 Å². The van der Waals surface area contributed by atoms with Crippen LogP contribution in [0.3, 0.4) is 0 Å². The van der Waals surface area contributed by atoms with Crippen LogP contribution >= 0.6 is 0 Å². The molecular formula is C16H21NO3. The monoisotopic (exact) mass is 275 g/mol. The van der Waals surface area contributed by atoms with Crippen LogP contribution in [-0.4, -0.2) is 36.4 Å². The van der Waals surface area contributed by atoms with E-state index in [1.165, 1.54) is 5.69 Å². The van der Waals surface area contributed by atoms with Crippen molar-refractivity contribution in [2.45, 2.75) is 33.0 Å². The summed E-state index contributed by atoms with van der Waals surface area (Å²) in [6.07, 6.45) is 3.23. The van der Waals surface area contributed by atoms with E-state index in [-0.39, 0.29) is 12.2 Å². The number of nitrogens with zero attached hydrogens (tertiary/aromatic N) is 1. The summed E-state index contributed by atoms with van der Waals surface area (Å²) in [7, 11) is 0. The van der Waals surface area contributed by atoms with Crippen molar-refractivity contribution in [2.24, 2.45) is 0 Å². The summed E-state index contributed by atoms with van der Waals surface area (Å²) in [5, 5.41) is 8.65. The maximum absolute atomic E-state index is 10.5. The van der Waals surface area contributed by atoms with E-state index in [1.54, 1.807) is 6.08 Å². The first-order chi connectivity index (χ1) is 9.45. The van der Waals surface area contributed by atoms with Crippen molar-refractivity contribution in [3.05, 3.63) is 35.4 Å². The highest BCUT2D eigenvalue weighted by Crippen LogP contribution is 2.25. The van der Waals surface area contributed by atoms with Crippen LogP contribution in [-0.2, 0) is 9.53 Å². The fourth-order valence-electron chi connectivity index (χ4n) is 2.68. The highest BCUT2D eigenvalue weighted by molar-refractivity contribution is 5.85. The summed E-state index contributed by atoms with van der Waals surface area (Å²) in [5.41, 5.74) is 3.25. The topological polar surface area (TPSA) is 49.8 Å². The van der Waals surface area contributed by atoms with Gasteiger partial charge in [0.1, 0.15) is 0 Å². The Morgan fingerprint density at radius 2 is 2.00 bits per heavy atom. The normalized spacial score (nSPS) is 23.2. The number of morpholine rings is 1. The lowest BCUT2D eigenvalue weighted by Crippen LogP contribution is -2.45. The highest BCUT2D eigenvalue weighted by Gasteiger charge is 2.23. The van der Waals surface area contributed by atoms with Gasteiger partial charge in [0.2, 0.25) is 0 Å². The second-order valence-electron chi connectivity index (χ2n) is 5.38. The number of aliphatic carboxylic acids is 1. The summed E-state index contributed by atoms with van der Waals surface area (Å²) in [5.74, 6) is -0.928. The molecule has 2 unspecified atom stereocenters. The third-order valence-corrected chi connectivity index (χ3v) is 3.40. The Kier molecular flexibility index (Phi) is 4.45. The molecule has 1 heterocycles. The van der Waals surface area contributed by atoms with E-state index < -0.39 is 5.97 Å². The molecular weight excluding hydrogens is 254 g/mol. The van der Waals surface area contributed by atoms with Crippen LogP contribution in [0, 0.1) is 6.92 Å². The largest absolute Gasteiger partial charge is 0.478 e. The Morgan fingerprint density at radius 3 is 2.55 bits per heavy atom. The van der Waals surface area contributed by atoms with E-state index in [0.29, 0.717) is 0 Å². The van der Waals surface area contributed by atoms with Crippen molar-refractivity contribution in [3.63, 3.8) is 0 Å². The van der Waals surface area contributed by atoms with E-state index in [4.69, 9.17) is 9.84 Å². The van der Waals surface area contributed by atoms with E-state index >= 15 is 0 Å². The average Bonchev–Trinajstić information content (AvgIpc) is 2.35.